The monoisotopic (exact) mass is 325 g/mol. The van der Waals surface area contributed by atoms with Crippen LogP contribution in [-0.4, -0.2) is 26.7 Å². The van der Waals surface area contributed by atoms with Crippen molar-refractivity contribution < 1.29 is 14.3 Å². The SMILES string of the molecule is COc1ccc(/C=C/C(=O)NCC(C)c2ccccc2)cc1OC. The van der Waals surface area contributed by atoms with E-state index in [0.29, 0.717) is 18.0 Å². The van der Waals surface area contributed by atoms with Gasteiger partial charge in [-0.2, -0.15) is 0 Å². The molecule has 126 valence electrons. The lowest BCUT2D eigenvalue weighted by Gasteiger charge is -2.12. The second kappa shape index (κ2) is 8.77. The van der Waals surface area contributed by atoms with E-state index in [-0.39, 0.29) is 11.8 Å². The summed E-state index contributed by atoms with van der Waals surface area (Å²) in [5.74, 6) is 1.45. The lowest BCUT2D eigenvalue weighted by atomic mass is 10.0. The first kappa shape index (κ1) is 17.6. The number of methoxy groups -OCH3 is 2. The van der Waals surface area contributed by atoms with Crippen molar-refractivity contribution in [3.8, 4) is 11.5 Å². The number of carbonyl (C=O) groups is 1. The molecule has 4 nitrogen and oxygen atoms in total. The van der Waals surface area contributed by atoms with Crippen LogP contribution in [0.2, 0.25) is 0 Å². The van der Waals surface area contributed by atoms with E-state index < -0.39 is 0 Å². The Balaban J connectivity index is 1.91. The molecule has 0 aliphatic rings. The molecule has 0 saturated carbocycles. The lowest BCUT2D eigenvalue weighted by molar-refractivity contribution is -0.116. The molecule has 2 rings (SSSR count). The summed E-state index contributed by atoms with van der Waals surface area (Å²) in [5.41, 5.74) is 2.08. The number of hydrogen-bond acceptors (Lipinski definition) is 3. The third-order valence-corrected chi connectivity index (χ3v) is 3.79. The van der Waals surface area contributed by atoms with Gasteiger partial charge in [0, 0.05) is 12.6 Å². The first-order valence-electron chi connectivity index (χ1n) is 7.87. The van der Waals surface area contributed by atoms with Crippen molar-refractivity contribution in [2.45, 2.75) is 12.8 Å². The van der Waals surface area contributed by atoms with E-state index >= 15 is 0 Å². The van der Waals surface area contributed by atoms with E-state index in [4.69, 9.17) is 9.47 Å². The average Bonchev–Trinajstić information content (AvgIpc) is 2.64. The molecule has 0 radical (unpaired) electrons. The fraction of sp³-hybridized carbons (Fsp3) is 0.250. The molecule has 0 aromatic heterocycles. The fourth-order valence-electron chi connectivity index (χ4n) is 2.34. The molecule has 0 heterocycles. The van der Waals surface area contributed by atoms with Crippen LogP contribution in [0.4, 0.5) is 0 Å². The molecule has 1 unspecified atom stereocenters. The maximum absolute atomic E-state index is 12.0. The molecule has 0 saturated heterocycles. The standard InChI is InChI=1S/C20H23NO3/c1-15(17-7-5-4-6-8-17)14-21-20(22)12-10-16-9-11-18(23-2)19(13-16)24-3/h4-13,15H,14H2,1-3H3,(H,21,22)/b12-10+. The minimum Gasteiger partial charge on any atom is -0.493 e. The highest BCUT2D eigenvalue weighted by Gasteiger charge is 2.06. The zero-order chi connectivity index (χ0) is 17.4. The number of benzene rings is 2. The topological polar surface area (TPSA) is 47.6 Å². The molecule has 1 amide bonds. The van der Waals surface area contributed by atoms with Crippen molar-refractivity contribution in [2.75, 3.05) is 20.8 Å². The molecule has 2 aromatic carbocycles. The summed E-state index contributed by atoms with van der Waals surface area (Å²) in [4.78, 5) is 12.0. The van der Waals surface area contributed by atoms with Crippen LogP contribution >= 0.6 is 0 Å². The van der Waals surface area contributed by atoms with Gasteiger partial charge >= 0.3 is 0 Å². The Labute approximate surface area is 143 Å². The zero-order valence-electron chi connectivity index (χ0n) is 14.3. The van der Waals surface area contributed by atoms with Gasteiger partial charge in [0.2, 0.25) is 5.91 Å². The molecule has 0 bridgehead atoms. The minimum absolute atomic E-state index is 0.118. The highest BCUT2D eigenvalue weighted by atomic mass is 16.5. The molecule has 0 fully saturated rings. The molecule has 0 aliphatic heterocycles. The first-order chi connectivity index (χ1) is 11.6. The number of carbonyl (C=O) groups excluding carboxylic acids is 1. The molecule has 0 aliphatic carbocycles. The van der Waals surface area contributed by atoms with Gasteiger partial charge in [-0.15, -0.1) is 0 Å². The summed E-state index contributed by atoms with van der Waals surface area (Å²) >= 11 is 0. The van der Waals surface area contributed by atoms with Gasteiger partial charge in [-0.3, -0.25) is 4.79 Å². The highest BCUT2D eigenvalue weighted by molar-refractivity contribution is 5.91. The Morgan fingerprint density at radius 1 is 1.08 bits per heavy atom. The fourth-order valence-corrected chi connectivity index (χ4v) is 2.34. The molecule has 4 heteroatoms. The van der Waals surface area contributed by atoms with Crippen molar-refractivity contribution >= 4 is 12.0 Å². The summed E-state index contributed by atoms with van der Waals surface area (Å²) in [5, 5.41) is 2.92. The van der Waals surface area contributed by atoms with Gasteiger partial charge in [-0.05, 0) is 35.3 Å². The second-order valence-electron chi connectivity index (χ2n) is 5.50. The predicted molar refractivity (Wildman–Crippen MR) is 96.4 cm³/mol. The zero-order valence-corrected chi connectivity index (χ0v) is 14.3. The molecular formula is C20H23NO3. The Bertz CT molecular complexity index is 695. The van der Waals surface area contributed by atoms with Crippen LogP contribution in [0.15, 0.2) is 54.6 Å². The van der Waals surface area contributed by atoms with Crippen molar-refractivity contribution in [3.05, 3.63) is 65.7 Å². The van der Waals surface area contributed by atoms with Gasteiger partial charge in [-0.1, -0.05) is 43.3 Å². The van der Waals surface area contributed by atoms with E-state index in [2.05, 4.69) is 24.4 Å². The minimum atomic E-state index is -0.118. The summed E-state index contributed by atoms with van der Waals surface area (Å²) < 4.78 is 10.4. The van der Waals surface area contributed by atoms with Crippen LogP contribution in [-0.2, 0) is 4.79 Å². The molecular weight excluding hydrogens is 302 g/mol. The second-order valence-corrected chi connectivity index (χ2v) is 5.50. The highest BCUT2D eigenvalue weighted by Crippen LogP contribution is 2.27. The van der Waals surface area contributed by atoms with Crippen molar-refractivity contribution in [3.63, 3.8) is 0 Å². The smallest absolute Gasteiger partial charge is 0.244 e. The van der Waals surface area contributed by atoms with E-state index in [0.717, 1.165) is 5.56 Å². The summed E-state index contributed by atoms with van der Waals surface area (Å²) in [6.45, 7) is 2.69. The van der Waals surface area contributed by atoms with Gasteiger partial charge in [-0.25, -0.2) is 0 Å². The number of ether oxygens (including phenoxy) is 2. The van der Waals surface area contributed by atoms with Gasteiger partial charge in [0.15, 0.2) is 11.5 Å². The lowest BCUT2D eigenvalue weighted by Crippen LogP contribution is -2.25. The molecule has 24 heavy (non-hydrogen) atoms. The summed E-state index contributed by atoms with van der Waals surface area (Å²) in [6.07, 6.45) is 3.28. The third-order valence-electron chi connectivity index (χ3n) is 3.79. The quantitative estimate of drug-likeness (QED) is 0.791. The van der Waals surface area contributed by atoms with Crippen molar-refractivity contribution in [2.24, 2.45) is 0 Å². The Morgan fingerprint density at radius 3 is 2.46 bits per heavy atom. The van der Waals surface area contributed by atoms with E-state index in [9.17, 15) is 4.79 Å². The Morgan fingerprint density at radius 2 is 1.79 bits per heavy atom. The van der Waals surface area contributed by atoms with Gasteiger partial charge < -0.3 is 14.8 Å². The number of hydrogen-bond donors (Lipinski definition) is 1. The molecule has 1 atom stereocenters. The van der Waals surface area contributed by atoms with E-state index in [1.165, 1.54) is 11.6 Å². The summed E-state index contributed by atoms with van der Waals surface area (Å²) in [6, 6.07) is 15.6. The van der Waals surface area contributed by atoms with Gasteiger partial charge in [0.1, 0.15) is 0 Å². The van der Waals surface area contributed by atoms with Crippen LogP contribution in [0, 0.1) is 0 Å². The van der Waals surface area contributed by atoms with Crippen LogP contribution in [0.3, 0.4) is 0 Å². The van der Waals surface area contributed by atoms with Gasteiger partial charge in [0.25, 0.3) is 0 Å². The van der Waals surface area contributed by atoms with Crippen LogP contribution in [0.5, 0.6) is 11.5 Å². The maximum Gasteiger partial charge on any atom is 0.244 e. The van der Waals surface area contributed by atoms with Crippen LogP contribution in [0.25, 0.3) is 6.08 Å². The van der Waals surface area contributed by atoms with E-state index in [1.807, 2.05) is 36.4 Å². The largest absolute Gasteiger partial charge is 0.493 e. The van der Waals surface area contributed by atoms with Crippen LogP contribution < -0.4 is 14.8 Å². The van der Waals surface area contributed by atoms with E-state index in [1.54, 1.807) is 20.3 Å². The Kier molecular flexibility index (Phi) is 6.43. The summed E-state index contributed by atoms with van der Waals surface area (Å²) in [7, 11) is 3.18. The first-order valence-corrected chi connectivity index (χ1v) is 7.87. The molecule has 1 N–H and O–H groups in total. The van der Waals surface area contributed by atoms with Crippen molar-refractivity contribution in [1.82, 2.24) is 5.32 Å². The molecule has 0 spiro atoms. The third kappa shape index (κ3) is 4.88. The number of rotatable bonds is 7. The maximum atomic E-state index is 12.0. The van der Waals surface area contributed by atoms with Crippen molar-refractivity contribution in [1.29, 1.82) is 0 Å². The number of amides is 1. The van der Waals surface area contributed by atoms with Gasteiger partial charge in [0.05, 0.1) is 14.2 Å². The Hall–Kier alpha value is -2.75. The predicted octanol–water partition coefficient (Wildman–Crippen LogP) is 3.64. The molecule has 2 aromatic rings. The average molecular weight is 325 g/mol. The normalized spacial score (nSPS) is 12.0. The number of nitrogens with one attached hydrogen (secondary N) is 1. The van der Waals surface area contributed by atoms with Crippen LogP contribution in [0.1, 0.15) is 24.0 Å².